The number of rotatable bonds is 6. The van der Waals surface area contributed by atoms with Crippen molar-refractivity contribution in [3.05, 3.63) is 36.0 Å². The van der Waals surface area contributed by atoms with Gasteiger partial charge in [0.25, 0.3) is 0 Å². The van der Waals surface area contributed by atoms with E-state index in [1.165, 1.54) is 42.1 Å². The van der Waals surface area contributed by atoms with Crippen LogP contribution < -0.4 is 5.32 Å². The molecule has 0 saturated heterocycles. The number of hydrogen-bond donors (Lipinski definition) is 2. The molecule has 108 valence electrons. The van der Waals surface area contributed by atoms with Gasteiger partial charge in [0.05, 0.1) is 0 Å². The van der Waals surface area contributed by atoms with Crippen molar-refractivity contribution in [2.45, 2.75) is 38.3 Å². The van der Waals surface area contributed by atoms with Gasteiger partial charge in [-0.05, 0) is 43.0 Å². The van der Waals surface area contributed by atoms with Crippen LogP contribution in [-0.4, -0.2) is 36.1 Å². The number of aromatic amines is 1. The van der Waals surface area contributed by atoms with Crippen molar-refractivity contribution in [3.63, 3.8) is 0 Å². The summed E-state index contributed by atoms with van der Waals surface area (Å²) in [5, 5.41) is 4.84. The second-order valence-electron chi connectivity index (χ2n) is 5.99. The molecular weight excluding hydrogens is 246 g/mol. The third kappa shape index (κ3) is 3.22. The fourth-order valence-corrected chi connectivity index (χ4v) is 3.22. The summed E-state index contributed by atoms with van der Waals surface area (Å²) >= 11 is 0. The van der Waals surface area contributed by atoms with Crippen molar-refractivity contribution >= 4 is 10.9 Å². The van der Waals surface area contributed by atoms with Crippen molar-refractivity contribution in [2.75, 3.05) is 20.1 Å². The van der Waals surface area contributed by atoms with Gasteiger partial charge in [0.15, 0.2) is 0 Å². The van der Waals surface area contributed by atoms with E-state index in [0.717, 1.165) is 25.7 Å². The molecule has 1 aromatic heterocycles. The second kappa shape index (κ2) is 6.42. The van der Waals surface area contributed by atoms with Crippen LogP contribution in [0.3, 0.4) is 0 Å². The molecule has 1 fully saturated rings. The summed E-state index contributed by atoms with van der Waals surface area (Å²) in [6.45, 7) is 3.17. The molecule has 3 rings (SSSR count). The van der Waals surface area contributed by atoms with Gasteiger partial charge in [-0.1, -0.05) is 25.0 Å². The summed E-state index contributed by atoms with van der Waals surface area (Å²) in [6.07, 6.45) is 7.61. The highest BCUT2D eigenvalue weighted by Gasteiger charge is 2.18. The molecule has 1 saturated carbocycles. The summed E-state index contributed by atoms with van der Waals surface area (Å²) in [7, 11) is 2.27. The van der Waals surface area contributed by atoms with E-state index >= 15 is 0 Å². The minimum absolute atomic E-state index is 0.826. The smallest absolute Gasteiger partial charge is 0.0457 e. The van der Waals surface area contributed by atoms with E-state index in [2.05, 4.69) is 46.5 Å². The lowest BCUT2D eigenvalue weighted by Crippen LogP contribution is -2.35. The molecule has 0 unspecified atom stereocenters. The zero-order valence-corrected chi connectivity index (χ0v) is 12.4. The predicted octanol–water partition coefficient (Wildman–Crippen LogP) is 3.13. The first kappa shape index (κ1) is 13.7. The Morgan fingerprint density at radius 1 is 1.25 bits per heavy atom. The Morgan fingerprint density at radius 3 is 2.95 bits per heavy atom. The van der Waals surface area contributed by atoms with Crippen LogP contribution >= 0.6 is 0 Å². The molecule has 1 aliphatic carbocycles. The van der Waals surface area contributed by atoms with Crippen molar-refractivity contribution in [3.8, 4) is 0 Å². The quantitative estimate of drug-likeness (QED) is 0.791. The Balaban J connectivity index is 1.42. The van der Waals surface area contributed by atoms with E-state index in [0.29, 0.717) is 0 Å². The van der Waals surface area contributed by atoms with E-state index in [1.807, 2.05) is 6.20 Å². The topological polar surface area (TPSA) is 31.1 Å². The third-order valence-electron chi connectivity index (χ3n) is 4.54. The molecule has 0 bridgehead atoms. The zero-order chi connectivity index (χ0) is 13.8. The lowest BCUT2D eigenvalue weighted by molar-refractivity contribution is 0.245. The molecule has 0 aliphatic heterocycles. The van der Waals surface area contributed by atoms with Gasteiger partial charge in [-0.25, -0.2) is 0 Å². The summed E-state index contributed by atoms with van der Waals surface area (Å²) < 4.78 is 0. The Hall–Kier alpha value is -1.32. The number of nitrogens with zero attached hydrogens (tertiary/aromatic N) is 1. The van der Waals surface area contributed by atoms with Crippen LogP contribution in [0.25, 0.3) is 10.9 Å². The monoisotopic (exact) mass is 271 g/mol. The molecule has 20 heavy (non-hydrogen) atoms. The molecule has 1 heterocycles. The second-order valence-corrected chi connectivity index (χ2v) is 5.99. The molecule has 3 nitrogen and oxygen atoms in total. The predicted molar refractivity (Wildman–Crippen MR) is 84.9 cm³/mol. The average molecular weight is 271 g/mol. The Bertz CT molecular complexity index is 540. The van der Waals surface area contributed by atoms with Gasteiger partial charge < -0.3 is 15.2 Å². The minimum atomic E-state index is 0.826. The molecule has 2 N–H and O–H groups in total. The Morgan fingerprint density at radius 2 is 2.10 bits per heavy atom. The molecule has 0 amide bonds. The van der Waals surface area contributed by atoms with Gasteiger partial charge >= 0.3 is 0 Å². The molecule has 0 radical (unpaired) electrons. The van der Waals surface area contributed by atoms with Gasteiger partial charge in [0.2, 0.25) is 0 Å². The van der Waals surface area contributed by atoms with Crippen molar-refractivity contribution in [1.29, 1.82) is 0 Å². The van der Waals surface area contributed by atoms with Crippen LogP contribution in [-0.2, 0) is 6.54 Å². The average Bonchev–Trinajstić information content (AvgIpc) is 3.13. The first-order valence-electron chi connectivity index (χ1n) is 7.80. The minimum Gasteiger partial charge on any atom is -0.361 e. The molecule has 0 atom stereocenters. The van der Waals surface area contributed by atoms with Crippen LogP contribution in [0.15, 0.2) is 30.5 Å². The normalized spacial score (nSPS) is 16.5. The van der Waals surface area contributed by atoms with Crippen LogP contribution in [0.4, 0.5) is 0 Å². The molecular formula is C17H25N3. The fourth-order valence-electron chi connectivity index (χ4n) is 3.22. The third-order valence-corrected chi connectivity index (χ3v) is 4.54. The first-order chi connectivity index (χ1) is 9.83. The number of fused-ring (bicyclic) bond motifs is 1. The Labute approximate surface area is 121 Å². The fraction of sp³-hybridized carbons (Fsp3) is 0.529. The maximum absolute atomic E-state index is 3.56. The van der Waals surface area contributed by atoms with E-state index in [-0.39, 0.29) is 0 Å². The highest BCUT2D eigenvalue weighted by atomic mass is 15.1. The number of aromatic nitrogens is 1. The summed E-state index contributed by atoms with van der Waals surface area (Å²) in [4.78, 5) is 5.79. The summed E-state index contributed by atoms with van der Waals surface area (Å²) in [6, 6.07) is 9.58. The highest BCUT2D eigenvalue weighted by molar-refractivity contribution is 5.79. The molecule has 3 heteroatoms. The maximum atomic E-state index is 3.56. The van der Waals surface area contributed by atoms with E-state index in [1.54, 1.807) is 0 Å². The zero-order valence-electron chi connectivity index (χ0n) is 12.4. The molecule has 1 aliphatic rings. The molecule has 0 spiro atoms. The number of likely N-dealkylation sites (N-methyl/N-ethyl adjacent to an activating group) is 1. The first-order valence-corrected chi connectivity index (χ1v) is 7.80. The molecule has 1 aromatic carbocycles. The van der Waals surface area contributed by atoms with Crippen molar-refractivity contribution < 1.29 is 0 Å². The van der Waals surface area contributed by atoms with Gasteiger partial charge in [-0.3, -0.25) is 0 Å². The Kier molecular flexibility index (Phi) is 4.38. The van der Waals surface area contributed by atoms with E-state index < -0.39 is 0 Å². The number of H-pyrrole nitrogens is 1. The van der Waals surface area contributed by atoms with Gasteiger partial charge in [-0.15, -0.1) is 0 Å². The van der Waals surface area contributed by atoms with Crippen LogP contribution in [0.2, 0.25) is 0 Å². The summed E-state index contributed by atoms with van der Waals surface area (Å²) in [5.74, 6) is 0. The van der Waals surface area contributed by atoms with Crippen molar-refractivity contribution in [1.82, 2.24) is 15.2 Å². The van der Waals surface area contributed by atoms with Gasteiger partial charge in [0, 0.05) is 37.4 Å². The van der Waals surface area contributed by atoms with E-state index in [4.69, 9.17) is 0 Å². The molecule has 2 aromatic rings. The summed E-state index contributed by atoms with van der Waals surface area (Å²) in [5.41, 5.74) is 2.58. The standard InChI is InChI=1S/C17H25N3/c1-20(16-4-2-3-5-16)11-10-18-13-14-6-7-15-8-9-19-17(15)12-14/h6-9,12,16,18-19H,2-5,10-11,13H2,1H3. The SMILES string of the molecule is CN(CCNCc1ccc2cc[nH]c2c1)C1CCCC1. The van der Waals surface area contributed by atoms with Gasteiger partial charge in [-0.2, -0.15) is 0 Å². The number of benzene rings is 1. The number of hydrogen-bond acceptors (Lipinski definition) is 2. The number of nitrogens with one attached hydrogen (secondary N) is 2. The van der Waals surface area contributed by atoms with Crippen molar-refractivity contribution in [2.24, 2.45) is 0 Å². The van der Waals surface area contributed by atoms with Crippen LogP contribution in [0.5, 0.6) is 0 Å². The lowest BCUT2D eigenvalue weighted by atomic mass is 10.1. The van der Waals surface area contributed by atoms with Gasteiger partial charge in [0.1, 0.15) is 0 Å². The largest absolute Gasteiger partial charge is 0.361 e. The highest BCUT2D eigenvalue weighted by Crippen LogP contribution is 2.21. The lowest BCUT2D eigenvalue weighted by Gasteiger charge is -2.23. The van der Waals surface area contributed by atoms with E-state index in [9.17, 15) is 0 Å². The van der Waals surface area contributed by atoms with Crippen LogP contribution in [0.1, 0.15) is 31.2 Å². The maximum Gasteiger partial charge on any atom is 0.0457 e. The van der Waals surface area contributed by atoms with Crippen LogP contribution in [0, 0.1) is 0 Å².